The van der Waals surface area contributed by atoms with Crippen molar-refractivity contribution in [1.82, 2.24) is 0 Å². The molecule has 2 rings (SSSR count). The van der Waals surface area contributed by atoms with Crippen molar-refractivity contribution in [3.05, 3.63) is 29.6 Å². The molecular weight excluding hydrogens is 191 g/mol. The Morgan fingerprint density at radius 2 is 2.33 bits per heavy atom. The molecule has 0 spiro atoms. The second-order valence-corrected chi connectivity index (χ2v) is 4.13. The lowest BCUT2D eigenvalue weighted by Crippen LogP contribution is -2.38. The van der Waals surface area contributed by atoms with Crippen LogP contribution in [0.15, 0.2) is 18.2 Å². The van der Waals surface area contributed by atoms with Crippen molar-refractivity contribution in [2.45, 2.75) is 25.3 Å². The highest BCUT2D eigenvalue weighted by Gasteiger charge is 2.24. The molecule has 1 aromatic rings. The maximum Gasteiger partial charge on any atom is 0.146 e. The van der Waals surface area contributed by atoms with Crippen LogP contribution in [0.2, 0.25) is 0 Å². The van der Waals surface area contributed by atoms with Crippen molar-refractivity contribution >= 4 is 5.69 Å². The van der Waals surface area contributed by atoms with E-state index in [0.29, 0.717) is 12.6 Å². The van der Waals surface area contributed by atoms with E-state index in [0.717, 1.165) is 30.5 Å². The molecule has 2 N–H and O–H groups in total. The largest absolute Gasteiger partial charge is 0.369 e. The molecule has 0 amide bonds. The van der Waals surface area contributed by atoms with Crippen LogP contribution in [0, 0.1) is 5.82 Å². The number of aryl methyl sites for hydroxylation is 1. The Bertz CT molecular complexity index is 351. The summed E-state index contributed by atoms with van der Waals surface area (Å²) in [6.07, 6.45) is 2.97. The number of nitrogens with two attached hydrogens (primary N) is 1. The number of halogens is 1. The van der Waals surface area contributed by atoms with E-state index in [1.54, 1.807) is 6.07 Å². The number of fused-ring (bicyclic) bond motifs is 1. The van der Waals surface area contributed by atoms with Gasteiger partial charge in [0.15, 0.2) is 0 Å². The minimum atomic E-state index is -0.114. The monoisotopic (exact) mass is 208 g/mol. The Balaban J connectivity index is 2.32. The molecule has 1 atom stereocenters. The molecule has 0 saturated carbocycles. The molecule has 0 aromatic heterocycles. The van der Waals surface area contributed by atoms with Gasteiger partial charge in [-0.05, 0) is 37.4 Å². The molecule has 0 saturated heterocycles. The average Bonchev–Trinajstić information content (AvgIpc) is 2.22. The first kappa shape index (κ1) is 10.4. The predicted molar refractivity (Wildman–Crippen MR) is 60.6 cm³/mol. The Labute approximate surface area is 89.9 Å². The molecule has 15 heavy (non-hydrogen) atoms. The lowest BCUT2D eigenvalue weighted by atomic mass is 9.94. The molecule has 1 aliphatic heterocycles. The van der Waals surface area contributed by atoms with Gasteiger partial charge in [-0.2, -0.15) is 0 Å². The number of para-hydroxylation sites is 1. The van der Waals surface area contributed by atoms with E-state index in [1.165, 1.54) is 6.07 Å². The van der Waals surface area contributed by atoms with Crippen LogP contribution in [0.4, 0.5) is 10.1 Å². The van der Waals surface area contributed by atoms with Gasteiger partial charge in [-0.15, -0.1) is 0 Å². The van der Waals surface area contributed by atoms with Crippen molar-refractivity contribution in [2.24, 2.45) is 5.73 Å². The van der Waals surface area contributed by atoms with Gasteiger partial charge in [0.1, 0.15) is 5.82 Å². The third-order valence-corrected chi connectivity index (χ3v) is 3.22. The zero-order valence-corrected chi connectivity index (χ0v) is 9.04. The van der Waals surface area contributed by atoms with E-state index >= 15 is 0 Å². The minimum absolute atomic E-state index is 0.114. The summed E-state index contributed by atoms with van der Waals surface area (Å²) in [4.78, 5) is 2.04. The summed E-state index contributed by atoms with van der Waals surface area (Å²) >= 11 is 0. The van der Waals surface area contributed by atoms with E-state index in [1.807, 2.05) is 18.0 Å². The molecule has 3 heteroatoms. The Hall–Kier alpha value is -1.09. The van der Waals surface area contributed by atoms with Crippen molar-refractivity contribution in [1.29, 1.82) is 0 Å². The Morgan fingerprint density at radius 3 is 3.07 bits per heavy atom. The maximum atomic E-state index is 13.7. The van der Waals surface area contributed by atoms with Gasteiger partial charge in [0.05, 0.1) is 5.69 Å². The fraction of sp³-hybridized carbons (Fsp3) is 0.500. The first-order chi connectivity index (χ1) is 7.24. The molecule has 0 radical (unpaired) electrons. The lowest BCUT2D eigenvalue weighted by Gasteiger charge is -2.36. The number of anilines is 1. The molecule has 1 aliphatic rings. The second kappa shape index (κ2) is 4.19. The van der Waals surface area contributed by atoms with E-state index in [4.69, 9.17) is 5.73 Å². The van der Waals surface area contributed by atoms with Gasteiger partial charge in [0.2, 0.25) is 0 Å². The maximum absolute atomic E-state index is 13.7. The van der Waals surface area contributed by atoms with Crippen LogP contribution in [0.25, 0.3) is 0 Å². The van der Waals surface area contributed by atoms with Crippen molar-refractivity contribution in [3.63, 3.8) is 0 Å². The molecule has 82 valence electrons. The first-order valence-corrected chi connectivity index (χ1v) is 5.44. The fourth-order valence-corrected chi connectivity index (χ4v) is 2.39. The average molecular weight is 208 g/mol. The Morgan fingerprint density at radius 1 is 1.53 bits per heavy atom. The fourth-order valence-electron chi connectivity index (χ4n) is 2.39. The van der Waals surface area contributed by atoms with Gasteiger partial charge in [-0.25, -0.2) is 4.39 Å². The summed E-state index contributed by atoms with van der Waals surface area (Å²) in [5.41, 5.74) is 7.44. The van der Waals surface area contributed by atoms with Gasteiger partial charge in [-0.1, -0.05) is 12.1 Å². The van der Waals surface area contributed by atoms with Crippen LogP contribution < -0.4 is 10.6 Å². The standard InChI is InChI=1S/C12H17FN2/c1-15-10(7-8-14)6-5-9-3-2-4-11(13)12(9)15/h2-4,10H,5-8,14H2,1H3. The normalized spacial score (nSPS) is 20.2. The molecule has 0 fully saturated rings. The van der Waals surface area contributed by atoms with Gasteiger partial charge < -0.3 is 10.6 Å². The highest BCUT2D eigenvalue weighted by Crippen LogP contribution is 2.32. The van der Waals surface area contributed by atoms with Gasteiger partial charge >= 0.3 is 0 Å². The van der Waals surface area contributed by atoms with E-state index in [2.05, 4.69) is 0 Å². The quantitative estimate of drug-likeness (QED) is 0.804. The zero-order chi connectivity index (χ0) is 10.8. The number of rotatable bonds is 2. The number of nitrogens with zero attached hydrogens (tertiary/aromatic N) is 1. The van der Waals surface area contributed by atoms with Crippen LogP contribution in [0.1, 0.15) is 18.4 Å². The molecule has 1 aromatic carbocycles. The third kappa shape index (κ3) is 1.84. The SMILES string of the molecule is CN1c2c(F)cccc2CCC1CCN. The number of benzene rings is 1. The van der Waals surface area contributed by atoms with Crippen LogP contribution in [-0.4, -0.2) is 19.6 Å². The summed E-state index contributed by atoms with van der Waals surface area (Å²) in [5.74, 6) is -0.114. The second-order valence-electron chi connectivity index (χ2n) is 4.13. The first-order valence-electron chi connectivity index (χ1n) is 5.44. The van der Waals surface area contributed by atoms with Crippen molar-refractivity contribution in [3.8, 4) is 0 Å². The minimum Gasteiger partial charge on any atom is -0.369 e. The lowest BCUT2D eigenvalue weighted by molar-refractivity contribution is 0.510. The predicted octanol–water partition coefficient (Wildman–Crippen LogP) is 1.93. The number of hydrogen-bond donors (Lipinski definition) is 1. The molecular formula is C12H17FN2. The van der Waals surface area contributed by atoms with Gasteiger partial charge in [-0.3, -0.25) is 0 Å². The van der Waals surface area contributed by atoms with Crippen LogP contribution in [0.3, 0.4) is 0 Å². The summed E-state index contributed by atoms with van der Waals surface area (Å²) < 4.78 is 13.7. The smallest absolute Gasteiger partial charge is 0.146 e. The Kier molecular flexibility index (Phi) is 2.91. The van der Waals surface area contributed by atoms with Crippen LogP contribution in [0.5, 0.6) is 0 Å². The van der Waals surface area contributed by atoms with Crippen molar-refractivity contribution < 1.29 is 4.39 Å². The molecule has 0 aliphatic carbocycles. The van der Waals surface area contributed by atoms with Crippen LogP contribution >= 0.6 is 0 Å². The highest BCUT2D eigenvalue weighted by molar-refractivity contribution is 5.57. The van der Waals surface area contributed by atoms with Crippen molar-refractivity contribution in [2.75, 3.05) is 18.5 Å². The highest BCUT2D eigenvalue weighted by atomic mass is 19.1. The number of hydrogen-bond acceptors (Lipinski definition) is 2. The van der Waals surface area contributed by atoms with Crippen LogP contribution in [-0.2, 0) is 6.42 Å². The summed E-state index contributed by atoms with van der Waals surface area (Å²) in [7, 11) is 1.96. The molecule has 1 heterocycles. The summed E-state index contributed by atoms with van der Waals surface area (Å²) in [6.45, 7) is 0.665. The zero-order valence-electron chi connectivity index (χ0n) is 9.04. The van der Waals surface area contributed by atoms with Gasteiger partial charge in [0, 0.05) is 13.1 Å². The summed E-state index contributed by atoms with van der Waals surface area (Å²) in [6, 6.07) is 5.71. The summed E-state index contributed by atoms with van der Waals surface area (Å²) in [5, 5.41) is 0. The molecule has 1 unspecified atom stereocenters. The van der Waals surface area contributed by atoms with E-state index in [9.17, 15) is 4.39 Å². The van der Waals surface area contributed by atoms with E-state index < -0.39 is 0 Å². The van der Waals surface area contributed by atoms with E-state index in [-0.39, 0.29) is 5.82 Å². The molecule has 0 bridgehead atoms. The molecule has 2 nitrogen and oxygen atoms in total. The third-order valence-electron chi connectivity index (χ3n) is 3.22. The topological polar surface area (TPSA) is 29.3 Å². The van der Waals surface area contributed by atoms with Gasteiger partial charge in [0.25, 0.3) is 0 Å².